The first-order chi connectivity index (χ1) is 12.0. The SMILES string of the molecule is CC(=O)c1cccc(NC(=O)CCn2ncc(=O)c3ccccc32)c1. The molecule has 25 heavy (non-hydrogen) atoms. The molecule has 0 fully saturated rings. The summed E-state index contributed by atoms with van der Waals surface area (Å²) in [5, 5.41) is 7.45. The van der Waals surface area contributed by atoms with Crippen LogP contribution in [0.15, 0.2) is 59.5 Å². The van der Waals surface area contributed by atoms with E-state index in [0.29, 0.717) is 28.7 Å². The zero-order chi connectivity index (χ0) is 17.8. The number of para-hydroxylation sites is 1. The number of benzene rings is 2. The van der Waals surface area contributed by atoms with Crippen molar-refractivity contribution in [1.29, 1.82) is 0 Å². The molecule has 0 bridgehead atoms. The molecule has 0 saturated carbocycles. The van der Waals surface area contributed by atoms with Gasteiger partial charge in [0.2, 0.25) is 11.3 Å². The Kier molecular flexibility index (Phi) is 4.70. The smallest absolute Gasteiger partial charge is 0.226 e. The standard InChI is InChI=1S/C19H17N3O3/c1-13(23)14-5-4-6-15(11-14)21-19(25)9-10-22-17-8-3-2-7-16(17)18(24)12-20-22/h2-8,11-12H,9-10H2,1H3,(H,21,25). The molecule has 0 aliphatic rings. The van der Waals surface area contributed by atoms with E-state index in [-0.39, 0.29) is 23.5 Å². The Morgan fingerprint density at radius 2 is 1.92 bits per heavy atom. The maximum Gasteiger partial charge on any atom is 0.226 e. The van der Waals surface area contributed by atoms with Crippen molar-refractivity contribution >= 4 is 28.3 Å². The molecule has 0 saturated heterocycles. The minimum Gasteiger partial charge on any atom is -0.326 e. The number of carbonyl (C=O) groups excluding carboxylic acids is 2. The fraction of sp³-hybridized carbons (Fsp3) is 0.158. The first kappa shape index (κ1) is 16.6. The summed E-state index contributed by atoms with van der Waals surface area (Å²) in [7, 11) is 0. The van der Waals surface area contributed by atoms with Gasteiger partial charge in [-0.05, 0) is 31.2 Å². The molecule has 0 radical (unpaired) electrons. The second kappa shape index (κ2) is 7.09. The third-order valence-corrected chi connectivity index (χ3v) is 3.87. The van der Waals surface area contributed by atoms with Crippen LogP contribution < -0.4 is 10.7 Å². The molecular formula is C19H17N3O3. The van der Waals surface area contributed by atoms with Gasteiger partial charge in [0.1, 0.15) is 0 Å². The van der Waals surface area contributed by atoms with Crippen molar-refractivity contribution in [3.05, 3.63) is 70.5 Å². The number of aromatic nitrogens is 2. The molecule has 0 spiro atoms. The minimum absolute atomic E-state index is 0.0555. The van der Waals surface area contributed by atoms with Crippen LogP contribution in [0.4, 0.5) is 5.69 Å². The van der Waals surface area contributed by atoms with E-state index in [1.54, 1.807) is 47.1 Å². The number of Topliss-reactive ketones (excluding diaryl/α,β-unsaturated/α-hetero) is 1. The predicted octanol–water partition coefficient (Wildman–Crippen LogP) is 2.63. The van der Waals surface area contributed by atoms with Gasteiger partial charge in [-0.1, -0.05) is 24.3 Å². The lowest BCUT2D eigenvalue weighted by Crippen LogP contribution is -2.18. The summed E-state index contributed by atoms with van der Waals surface area (Å²) in [6.45, 7) is 1.83. The Morgan fingerprint density at radius 3 is 2.72 bits per heavy atom. The number of nitrogens with zero attached hydrogens (tertiary/aromatic N) is 2. The summed E-state index contributed by atoms with van der Waals surface area (Å²) in [6, 6.07) is 14.0. The van der Waals surface area contributed by atoms with Gasteiger partial charge >= 0.3 is 0 Å². The number of amides is 1. The molecule has 0 aliphatic carbocycles. The van der Waals surface area contributed by atoms with E-state index in [4.69, 9.17) is 0 Å². The molecular weight excluding hydrogens is 318 g/mol. The number of hydrogen-bond donors (Lipinski definition) is 1. The predicted molar refractivity (Wildman–Crippen MR) is 95.7 cm³/mol. The molecule has 126 valence electrons. The van der Waals surface area contributed by atoms with Crippen LogP contribution >= 0.6 is 0 Å². The number of rotatable bonds is 5. The Labute approximate surface area is 144 Å². The summed E-state index contributed by atoms with van der Waals surface area (Å²) >= 11 is 0. The van der Waals surface area contributed by atoms with Crippen LogP contribution in [0.25, 0.3) is 10.9 Å². The number of carbonyl (C=O) groups is 2. The summed E-state index contributed by atoms with van der Waals surface area (Å²) in [6.07, 6.45) is 1.46. The highest BCUT2D eigenvalue weighted by atomic mass is 16.1. The van der Waals surface area contributed by atoms with E-state index in [0.717, 1.165) is 0 Å². The first-order valence-electron chi connectivity index (χ1n) is 7.90. The van der Waals surface area contributed by atoms with Crippen molar-refractivity contribution in [1.82, 2.24) is 9.78 Å². The molecule has 3 aromatic rings. The first-order valence-corrected chi connectivity index (χ1v) is 7.90. The molecule has 1 amide bonds. The molecule has 0 unspecified atom stereocenters. The van der Waals surface area contributed by atoms with Crippen molar-refractivity contribution in [2.24, 2.45) is 0 Å². The van der Waals surface area contributed by atoms with Crippen LogP contribution in [0, 0.1) is 0 Å². The number of ketones is 1. The Hall–Kier alpha value is -3.28. The number of fused-ring (bicyclic) bond motifs is 1. The topological polar surface area (TPSA) is 81.1 Å². The van der Waals surface area contributed by atoms with Crippen LogP contribution in [0.5, 0.6) is 0 Å². The summed E-state index contributed by atoms with van der Waals surface area (Å²) in [5.41, 5.74) is 1.68. The van der Waals surface area contributed by atoms with Gasteiger partial charge in [-0.3, -0.25) is 19.1 Å². The van der Waals surface area contributed by atoms with Gasteiger partial charge in [0.15, 0.2) is 5.78 Å². The van der Waals surface area contributed by atoms with Crippen LogP contribution in [-0.4, -0.2) is 21.5 Å². The van der Waals surface area contributed by atoms with Crippen molar-refractivity contribution in [3.63, 3.8) is 0 Å². The van der Waals surface area contributed by atoms with E-state index in [1.165, 1.54) is 13.1 Å². The second-order valence-corrected chi connectivity index (χ2v) is 5.68. The number of aryl methyl sites for hydroxylation is 1. The van der Waals surface area contributed by atoms with Crippen molar-refractivity contribution in [2.75, 3.05) is 5.32 Å². The molecule has 0 aliphatic heterocycles. The lowest BCUT2D eigenvalue weighted by atomic mass is 10.1. The highest BCUT2D eigenvalue weighted by Gasteiger charge is 2.08. The lowest BCUT2D eigenvalue weighted by molar-refractivity contribution is -0.116. The lowest BCUT2D eigenvalue weighted by Gasteiger charge is -2.10. The number of anilines is 1. The number of nitrogens with one attached hydrogen (secondary N) is 1. The summed E-state index contributed by atoms with van der Waals surface area (Å²) in [5.74, 6) is -0.245. The van der Waals surface area contributed by atoms with Gasteiger partial charge in [0.25, 0.3) is 0 Å². The van der Waals surface area contributed by atoms with E-state index in [2.05, 4.69) is 10.4 Å². The fourth-order valence-electron chi connectivity index (χ4n) is 2.59. The Morgan fingerprint density at radius 1 is 1.12 bits per heavy atom. The summed E-state index contributed by atoms with van der Waals surface area (Å²) < 4.78 is 1.64. The van der Waals surface area contributed by atoms with E-state index in [1.807, 2.05) is 6.07 Å². The summed E-state index contributed by atoms with van der Waals surface area (Å²) in [4.78, 5) is 35.4. The molecule has 1 N–H and O–H groups in total. The quantitative estimate of drug-likeness (QED) is 0.727. The van der Waals surface area contributed by atoms with E-state index < -0.39 is 0 Å². The fourth-order valence-corrected chi connectivity index (χ4v) is 2.59. The zero-order valence-electron chi connectivity index (χ0n) is 13.7. The van der Waals surface area contributed by atoms with Crippen LogP contribution in [0.2, 0.25) is 0 Å². The molecule has 1 heterocycles. The monoisotopic (exact) mass is 335 g/mol. The average molecular weight is 335 g/mol. The van der Waals surface area contributed by atoms with Crippen molar-refractivity contribution < 1.29 is 9.59 Å². The molecule has 2 aromatic carbocycles. The van der Waals surface area contributed by atoms with Gasteiger partial charge in [0.05, 0.1) is 18.3 Å². The van der Waals surface area contributed by atoms with E-state index >= 15 is 0 Å². The minimum atomic E-state index is -0.190. The molecule has 0 atom stereocenters. The van der Waals surface area contributed by atoms with Crippen molar-refractivity contribution in [3.8, 4) is 0 Å². The maximum atomic E-state index is 12.2. The highest BCUT2D eigenvalue weighted by molar-refractivity contribution is 5.97. The van der Waals surface area contributed by atoms with Gasteiger partial charge < -0.3 is 5.32 Å². The normalized spacial score (nSPS) is 10.6. The Bertz CT molecular complexity index is 1010. The van der Waals surface area contributed by atoms with Crippen LogP contribution in [0.1, 0.15) is 23.7 Å². The molecule has 1 aromatic heterocycles. The van der Waals surface area contributed by atoms with Gasteiger partial charge in [-0.15, -0.1) is 0 Å². The molecule has 6 nitrogen and oxygen atoms in total. The van der Waals surface area contributed by atoms with Crippen LogP contribution in [-0.2, 0) is 11.3 Å². The maximum absolute atomic E-state index is 12.2. The third-order valence-electron chi connectivity index (χ3n) is 3.87. The molecule has 3 rings (SSSR count). The molecule has 6 heteroatoms. The van der Waals surface area contributed by atoms with Gasteiger partial charge in [-0.2, -0.15) is 5.10 Å². The van der Waals surface area contributed by atoms with Gasteiger partial charge in [-0.25, -0.2) is 0 Å². The third kappa shape index (κ3) is 3.80. The highest BCUT2D eigenvalue weighted by Crippen LogP contribution is 2.12. The second-order valence-electron chi connectivity index (χ2n) is 5.68. The van der Waals surface area contributed by atoms with Crippen molar-refractivity contribution in [2.45, 2.75) is 19.9 Å². The Balaban J connectivity index is 1.71. The largest absolute Gasteiger partial charge is 0.326 e. The zero-order valence-corrected chi connectivity index (χ0v) is 13.7. The van der Waals surface area contributed by atoms with E-state index in [9.17, 15) is 14.4 Å². The number of hydrogen-bond acceptors (Lipinski definition) is 4. The van der Waals surface area contributed by atoms with Gasteiger partial charge in [0, 0.05) is 23.1 Å². The van der Waals surface area contributed by atoms with Crippen LogP contribution in [0.3, 0.4) is 0 Å². The average Bonchev–Trinajstić information content (AvgIpc) is 2.61.